The summed E-state index contributed by atoms with van der Waals surface area (Å²) >= 11 is 0. The Kier molecular flexibility index (Phi) is 1.30. The van der Waals surface area contributed by atoms with Gasteiger partial charge in [-0.1, -0.05) is 0 Å². The van der Waals surface area contributed by atoms with Crippen LogP contribution in [0.5, 0.6) is 0 Å². The third kappa shape index (κ3) is 0.777. The molecule has 0 aliphatic carbocycles. The van der Waals surface area contributed by atoms with Gasteiger partial charge in [0.2, 0.25) is 0 Å². The van der Waals surface area contributed by atoms with Crippen molar-refractivity contribution >= 4 is 16.6 Å². The highest BCUT2D eigenvalue weighted by Crippen LogP contribution is 2.22. The zero-order valence-electron chi connectivity index (χ0n) is 6.56. The van der Waals surface area contributed by atoms with Crippen molar-refractivity contribution in [3.05, 3.63) is 23.6 Å². The second-order valence-corrected chi connectivity index (χ2v) is 2.71. The van der Waals surface area contributed by atoms with Gasteiger partial charge in [0.05, 0.1) is 5.69 Å². The van der Waals surface area contributed by atoms with Crippen molar-refractivity contribution in [2.75, 3.05) is 5.73 Å². The topological polar surface area (TPSA) is 54.7 Å². The fraction of sp³-hybridized carbons (Fsp3) is 0.125. The summed E-state index contributed by atoms with van der Waals surface area (Å²) < 4.78 is 13.2. The van der Waals surface area contributed by atoms with Crippen LogP contribution < -0.4 is 5.73 Å². The number of aromatic amines is 1. The van der Waals surface area contributed by atoms with Gasteiger partial charge in [0, 0.05) is 11.1 Å². The SMILES string of the molecule is Cc1[nH]nc2c(F)c(N)ccc12. The van der Waals surface area contributed by atoms with Crippen molar-refractivity contribution < 1.29 is 4.39 Å². The van der Waals surface area contributed by atoms with E-state index < -0.39 is 5.82 Å². The minimum atomic E-state index is -0.447. The molecule has 12 heavy (non-hydrogen) atoms. The summed E-state index contributed by atoms with van der Waals surface area (Å²) in [6.45, 7) is 1.84. The van der Waals surface area contributed by atoms with Gasteiger partial charge in [0.1, 0.15) is 5.52 Å². The highest BCUT2D eigenvalue weighted by molar-refractivity contribution is 5.84. The summed E-state index contributed by atoms with van der Waals surface area (Å²) in [6, 6.07) is 3.30. The number of nitrogens with zero attached hydrogens (tertiary/aromatic N) is 1. The van der Waals surface area contributed by atoms with E-state index >= 15 is 0 Å². The van der Waals surface area contributed by atoms with Crippen molar-refractivity contribution in [2.45, 2.75) is 6.92 Å². The summed E-state index contributed by atoms with van der Waals surface area (Å²) in [5, 5.41) is 7.28. The van der Waals surface area contributed by atoms with E-state index in [1.165, 1.54) is 0 Å². The number of halogens is 1. The molecule has 0 aliphatic rings. The maximum absolute atomic E-state index is 13.2. The van der Waals surface area contributed by atoms with Crippen molar-refractivity contribution in [1.82, 2.24) is 10.2 Å². The molecule has 2 aromatic rings. The number of aromatic nitrogens is 2. The normalized spacial score (nSPS) is 10.8. The van der Waals surface area contributed by atoms with Crippen molar-refractivity contribution in [1.29, 1.82) is 0 Å². The number of benzene rings is 1. The number of aryl methyl sites for hydroxylation is 1. The lowest BCUT2D eigenvalue weighted by Gasteiger charge is -1.95. The molecule has 1 aromatic carbocycles. The number of nitrogen functional groups attached to an aromatic ring is 1. The van der Waals surface area contributed by atoms with Gasteiger partial charge in [0.15, 0.2) is 5.82 Å². The molecule has 62 valence electrons. The maximum atomic E-state index is 13.2. The van der Waals surface area contributed by atoms with Crippen LogP contribution in [0, 0.1) is 12.7 Å². The maximum Gasteiger partial charge on any atom is 0.174 e. The number of rotatable bonds is 0. The van der Waals surface area contributed by atoms with Crippen LogP contribution in [-0.4, -0.2) is 10.2 Å². The molecule has 1 heterocycles. The van der Waals surface area contributed by atoms with Crippen LogP contribution in [0.15, 0.2) is 12.1 Å². The Labute approximate surface area is 68.4 Å². The van der Waals surface area contributed by atoms with Gasteiger partial charge in [-0.3, -0.25) is 5.10 Å². The second kappa shape index (κ2) is 2.20. The number of anilines is 1. The van der Waals surface area contributed by atoms with E-state index in [4.69, 9.17) is 5.73 Å². The van der Waals surface area contributed by atoms with Crippen LogP contribution in [0.25, 0.3) is 10.9 Å². The fourth-order valence-corrected chi connectivity index (χ4v) is 1.19. The molecule has 0 fully saturated rings. The van der Waals surface area contributed by atoms with Gasteiger partial charge in [-0.2, -0.15) is 5.10 Å². The third-order valence-corrected chi connectivity index (χ3v) is 1.89. The molecule has 0 radical (unpaired) electrons. The molecule has 2 rings (SSSR count). The summed E-state index contributed by atoms with van der Waals surface area (Å²) in [6.07, 6.45) is 0. The molecule has 0 spiro atoms. The Morgan fingerprint density at radius 2 is 2.25 bits per heavy atom. The summed E-state index contributed by atoms with van der Waals surface area (Å²) in [5.41, 5.74) is 6.66. The number of fused-ring (bicyclic) bond motifs is 1. The zero-order valence-corrected chi connectivity index (χ0v) is 6.56. The molecular weight excluding hydrogens is 157 g/mol. The van der Waals surface area contributed by atoms with Crippen LogP contribution in [0.2, 0.25) is 0 Å². The van der Waals surface area contributed by atoms with Gasteiger partial charge in [-0.05, 0) is 19.1 Å². The molecule has 0 aliphatic heterocycles. The molecule has 0 saturated heterocycles. The van der Waals surface area contributed by atoms with Gasteiger partial charge in [0.25, 0.3) is 0 Å². The molecule has 3 N–H and O–H groups in total. The highest BCUT2D eigenvalue weighted by atomic mass is 19.1. The Balaban J connectivity index is 2.93. The molecule has 3 nitrogen and oxygen atoms in total. The number of nitrogens with two attached hydrogens (primary N) is 1. The molecule has 0 bridgehead atoms. The first-order valence-electron chi connectivity index (χ1n) is 3.59. The van der Waals surface area contributed by atoms with E-state index in [0.29, 0.717) is 5.52 Å². The standard InChI is InChI=1S/C8H8FN3/c1-4-5-2-3-6(10)7(9)8(5)12-11-4/h2-3H,10H2,1H3,(H,11,12). The number of hydrogen-bond acceptors (Lipinski definition) is 2. The predicted octanol–water partition coefficient (Wildman–Crippen LogP) is 1.59. The minimum Gasteiger partial charge on any atom is -0.396 e. The van der Waals surface area contributed by atoms with Crippen LogP contribution in [0.1, 0.15) is 5.69 Å². The number of nitrogens with one attached hydrogen (secondary N) is 1. The van der Waals surface area contributed by atoms with Crippen LogP contribution >= 0.6 is 0 Å². The quantitative estimate of drug-likeness (QED) is 0.582. The predicted molar refractivity (Wildman–Crippen MR) is 45.2 cm³/mol. The van der Waals surface area contributed by atoms with Gasteiger partial charge >= 0.3 is 0 Å². The average molecular weight is 165 g/mol. The first kappa shape index (κ1) is 7.09. The van der Waals surface area contributed by atoms with Crippen LogP contribution in [-0.2, 0) is 0 Å². The third-order valence-electron chi connectivity index (χ3n) is 1.89. The van der Waals surface area contributed by atoms with Gasteiger partial charge < -0.3 is 5.73 Å². The Morgan fingerprint density at radius 3 is 3.00 bits per heavy atom. The Hall–Kier alpha value is -1.58. The van der Waals surface area contributed by atoms with E-state index in [0.717, 1.165) is 11.1 Å². The number of hydrogen-bond donors (Lipinski definition) is 2. The lowest BCUT2D eigenvalue weighted by Crippen LogP contribution is -1.90. The molecule has 4 heteroatoms. The van der Waals surface area contributed by atoms with E-state index in [9.17, 15) is 4.39 Å². The lowest BCUT2D eigenvalue weighted by molar-refractivity contribution is 0.641. The van der Waals surface area contributed by atoms with E-state index in [2.05, 4.69) is 10.2 Å². The minimum absolute atomic E-state index is 0.133. The van der Waals surface area contributed by atoms with Crippen molar-refractivity contribution in [3.63, 3.8) is 0 Å². The summed E-state index contributed by atoms with van der Waals surface area (Å²) in [5.74, 6) is -0.447. The largest absolute Gasteiger partial charge is 0.396 e. The molecular formula is C8H8FN3. The summed E-state index contributed by atoms with van der Waals surface area (Å²) in [4.78, 5) is 0. The first-order valence-corrected chi connectivity index (χ1v) is 3.59. The highest BCUT2D eigenvalue weighted by Gasteiger charge is 2.08. The Morgan fingerprint density at radius 1 is 1.50 bits per heavy atom. The van der Waals surface area contributed by atoms with E-state index in [1.807, 2.05) is 6.92 Å². The van der Waals surface area contributed by atoms with Crippen LogP contribution in [0.4, 0.5) is 10.1 Å². The first-order chi connectivity index (χ1) is 5.70. The van der Waals surface area contributed by atoms with Crippen molar-refractivity contribution in [2.24, 2.45) is 0 Å². The van der Waals surface area contributed by atoms with E-state index in [-0.39, 0.29) is 5.69 Å². The van der Waals surface area contributed by atoms with Crippen LogP contribution in [0.3, 0.4) is 0 Å². The lowest BCUT2D eigenvalue weighted by atomic mass is 10.2. The molecule has 0 atom stereocenters. The fourth-order valence-electron chi connectivity index (χ4n) is 1.19. The van der Waals surface area contributed by atoms with Gasteiger partial charge in [-0.15, -0.1) is 0 Å². The summed E-state index contributed by atoms with van der Waals surface area (Å²) in [7, 11) is 0. The monoisotopic (exact) mass is 165 g/mol. The second-order valence-electron chi connectivity index (χ2n) is 2.71. The van der Waals surface area contributed by atoms with E-state index in [1.54, 1.807) is 12.1 Å². The van der Waals surface area contributed by atoms with Crippen molar-refractivity contribution in [3.8, 4) is 0 Å². The average Bonchev–Trinajstić information content (AvgIpc) is 2.41. The number of H-pyrrole nitrogens is 1. The van der Waals surface area contributed by atoms with Gasteiger partial charge in [-0.25, -0.2) is 4.39 Å². The molecule has 0 amide bonds. The smallest absolute Gasteiger partial charge is 0.174 e. The molecule has 0 unspecified atom stereocenters. The molecule has 1 aromatic heterocycles. The zero-order chi connectivity index (χ0) is 8.72. The molecule has 0 saturated carbocycles. The Bertz CT molecular complexity index is 433.